The highest BCUT2D eigenvalue weighted by Gasteiger charge is 2.48. The molecular formula is C15H22O2. The number of rotatable bonds is 0. The lowest BCUT2D eigenvalue weighted by atomic mass is 9.88. The molecule has 2 atom stereocenters. The lowest BCUT2D eigenvalue weighted by molar-refractivity contribution is -0.171. The molecule has 0 N–H and O–H groups in total. The highest BCUT2D eigenvalue weighted by Crippen LogP contribution is 2.58. The predicted molar refractivity (Wildman–Crippen MR) is 65.6 cm³/mol. The van der Waals surface area contributed by atoms with Crippen LogP contribution in [-0.4, -0.2) is 19.0 Å². The van der Waals surface area contributed by atoms with Gasteiger partial charge in [0, 0.05) is 12.8 Å². The summed E-state index contributed by atoms with van der Waals surface area (Å²) in [7, 11) is 0. The van der Waals surface area contributed by atoms with Crippen LogP contribution >= 0.6 is 0 Å². The minimum absolute atomic E-state index is 0.176. The Labute approximate surface area is 103 Å². The normalized spacial score (nSPS) is 39.5. The van der Waals surface area contributed by atoms with Crippen molar-refractivity contribution in [2.45, 2.75) is 57.2 Å². The smallest absolute Gasteiger partial charge is 0.169 e. The molecule has 2 unspecified atom stereocenters. The van der Waals surface area contributed by atoms with Crippen LogP contribution in [0, 0.1) is 11.8 Å². The second-order valence-corrected chi connectivity index (χ2v) is 6.16. The zero-order chi connectivity index (χ0) is 11.3. The molecule has 4 fully saturated rings. The Morgan fingerprint density at radius 3 is 2.06 bits per heavy atom. The van der Waals surface area contributed by atoms with E-state index in [-0.39, 0.29) is 5.79 Å². The van der Waals surface area contributed by atoms with Gasteiger partial charge in [-0.2, -0.15) is 0 Å². The summed E-state index contributed by atoms with van der Waals surface area (Å²) in [5.41, 5.74) is 3.65. The second-order valence-electron chi connectivity index (χ2n) is 6.16. The first-order valence-corrected chi connectivity index (χ1v) is 7.38. The van der Waals surface area contributed by atoms with E-state index in [1.54, 1.807) is 5.57 Å². The van der Waals surface area contributed by atoms with Crippen molar-refractivity contribution in [1.82, 2.24) is 0 Å². The summed E-state index contributed by atoms with van der Waals surface area (Å²) in [5, 5.41) is 0. The Bertz CT molecular complexity index is 326. The minimum atomic E-state index is -0.176. The third-order valence-electron chi connectivity index (χ3n) is 5.29. The van der Waals surface area contributed by atoms with Crippen LogP contribution in [0.4, 0.5) is 0 Å². The molecule has 0 aromatic carbocycles. The largest absolute Gasteiger partial charge is 0.348 e. The van der Waals surface area contributed by atoms with E-state index in [0.29, 0.717) is 0 Å². The lowest BCUT2D eigenvalue weighted by Crippen LogP contribution is -2.33. The topological polar surface area (TPSA) is 18.5 Å². The highest BCUT2D eigenvalue weighted by atomic mass is 16.7. The van der Waals surface area contributed by atoms with E-state index >= 15 is 0 Å². The van der Waals surface area contributed by atoms with Crippen LogP contribution in [0.15, 0.2) is 11.1 Å². The second kappa shape index (κ2) is 3.83. The van der Waals surface area contributed by atoms with Gasteiger partial charge in [-0.15, -0.1) is 0 Å². The van der Waals surface area contributed by atoms with Crippen molar-refractivity contribution >= 4 is 0 Å². The van der Waals surface area contributed by atoms with E-state index in [4.69, 9.17) is 9.47 Å². The molecule has 2 heteroatoms. The SMILES string of the molecule is C1CCC2C(=C3CCC4(CC3)OCCO4)C2C1. The monoisotopic (exact) mass is 234 g/mol. The molecule has 4 aliphatic rings. The van der Waals surface area contributed by atoms with Gasteiger partial charge < -0.3 is 9.47 Å². The predicted octanol–water partition coefficient (Wildman–Crippen LogP) is 3.42. The van der Waals surface area contributed by atoms with E-state index in [1.807, 2.05) is 5.57 Å². The van der Waals surface area contributed by atoms with Crippen LogP contribution in [0.1, 0.15) is 51.4 Å². The number of hydrogen-bond acceptors (Lipinski definition) is 2. The molecule has 17 heavy (non-hydrogen) atoms. The van der Waals surface area contributed by atoms with Gasteiger partial charge in [0.25, 0.3) is 0 Å². The molecule has 3 saturated carbocycles. The van der Waals surface area contributed by atoms with Crippen LogP contribution in [0.2, 0.25) is 0 Å². The average Bonchev–Trinajstić information content (AvgIpc) is 2.94. The minimum Gasteiger partial charge on any atom is -0.348 e. The van der Waals surface area contributed by atoms with Crippen molar-refractivity contribution in [1.29, 1.82) is 0 Å². The van der Waals surface area contributed by atoms with Crippen LogP contribution < -0.4 is 0 Å². The fourth-order valence-corrected chi connectivity index (χ4v) is 4.35. The molecular weight excluding hydrogens is 212 g/mol. The maximum Gasteiger partial charge on any atom is 0.169 e. The van der Waals surface area contributed by atoms with Gasteiger partial charge in [-0.25, -0.2) is 0 Å². The summed E-state index contributed by atoms with van der Waals surface area (Å²) in [6.07, 6.45) is 10.6. The molecule has 2 nitrogen and oxygen atoms in total. The van der Waals surface area contributed by atoms with Crippen LogP contribution in [0.25, 0.3) is 0 Å². The van der Waals surface area contributed by atoms with Crippen LogP contribution in [0.5, 0.6) is 0 Å². The van der Waals surface area contributed by atoms with Gasteiger partial charge in [0.1, 0.15) is 0 Å². The molecule has 0 bridgehead atoms. The van der Waals surface area contributed by atoms with E-state index in [9.17, 15) is 0 Å². The first-order chi connectivity index (χ1) is 8.38. The van der Waals surface area contributed by atoms with Crippen molar-refractivity contribution in [2.75, 3.05) is 13.2 Å². The Kier molecular flexibility index (Phi) is 2.38. The third kappa shape index (κ3) is 1.68. The summed E-state index contributed by atoms with van der Waals surface area (Å²) in [5.74, 6) is 1.82. The van der Waals surface area contributed by atoms with Gasteiger partial charge >= 0.3 is 0 Å². The summed E-state index contributed by atoms with van der Waals surface area (Å²) in [4.78, 5) is 0. The molecule has 1 heterocycles. The molecule has 94 valence electrons. The van der Waals surface area contributed by atoms with E-state index in [0.717, 1.165) is 37.9 Å². The molecule has 0 aromatic rings. The highest BCUT2D eigenvalue weighted by molar-refractivity contribution is 5.36. The van der Waals surface area contributed by atoms with E-state index < -0.39 is 0 Å². The molecule has 0 amide bonds. The molecule has 3 aliphatic carbocycles. The fraction of sp³-hybridized carbons (Fsp3) is 0.867. The Hall–Kier alpha value is -0.340. The molecule has 1 aliphatic heterocycles. The van der Waals surface area contributed by atoms with Crippen molar-refractivity contribution in [3.8, 4) is 0 Å². The molecule has 1 spiro atoms. The van der Waals surface area contributed by atoms with E-state index in [1.165, 1.54) is 38.5 Å². The Morgan fingerprint density at radius 2 is 1.47 bits per heavy atom. The molecule has 1 saturated heterocycles. The molecule has 4 rings (SSSR count). The van der Waals surface area contributed by atoms with Crippen molar-refractivity contribution in [2.24, 2.45) is 11.8 Å². The van der Waals surface area contributed by atoms with Gasteiger partial charge in [0.15, 0.2) is 5.79 Å². The molecule has 0 radical (unpaired) electrons. The van der Waals surface area contributed by atoms with Crippen molar-refractivity contribution in [3.63, 3.8) is 0 Å². The number of ether oxygens (including phenoxy) is 2. The van der Waals surface area contributed by atoms with Gasteiger partial charge in [0.05, 0.1) is 13.2 Å². The lowest BCUT2D eigenvalue weighted by Gasteiger charge is -2.32. The summed E-state index contributed by atoms with van der Waals surface area (Å²) in [6, 6.07) is 0. The van der Waals surface area contributed by atoms with Gasteiger partial charge in [-0.1, -0.05) is 24.0 Å². The number of hydrogen-bond donors (Lipinski definition) is 0. The van der Waals surface area contributed by atoms with Gasteiger partial charge in [-0.3, -0.25) is 0 Å². The maximum atomic E-state index is 5.80. The first-order valence-electron chi connectivity index (χ1n) is 7.38. The van der Waals surface area contributed by atoms with E-state index in [2.05, 4.69) is 0 Å². The van der Waals surface area contributed by atoms with Crippen LogP contribution in [0.3, 0.4) is 0 Å². The van der Waals surface area contributed by atoms with Gasteiger partial charge in [0.2, 0.25) is 0 Å². The van der Waals surface area contributed by atoms with Gasteiger partial charge in [-0.05, 0) is 37.5 Å². The molecule has 0 aromatic heterocycles. The average molecular weight is 234 g/mol. The zero-order valence-electron chi connectivity index (χ0n) is 10.5. The number of fused-ring (bicyclic) bond motifs is 1. The maximum absolute atomic E-state index is 5.80. The third-order valence-corrected chi connectivity index (χ3v) is 5.29. The quantitative estimate of drug-likeness (QED) is 0.598. The zero-order valence-corrected chi connectivity index (χ0v) is 10.5. The number of allylic oxidation sites excluding steroid dienone is 2. The Morgan fingerprint density at radius 1 is 0.882 bits per heavy atom. The summed E-state index contributed by atoms with van der Waals surface area (Å²) in [6.45, 7) is 1.61. The summed E-state index contributed by atoms with van der Waals surface area (Å²) < 4.78 is 11.6. The Balaban J connectivity index is 1.47. The fourth-order valence-electron chi connectivity index (χ4n) is 4.35. The standard InChI is InChI=1S/C15H22O2/c1-2-4-13-12(3-1)14(13)11-5-7-15(8-6-11)16-9-10-17-15/h12-13H,1-10H2. The summed E-state index contributed by atoms with van der Waals surface area (Å²) >= 11 is 0. The van der Waals surface area contributed by atoms with Crippen LogP contribution in [-0.2, 0) is 9.47 Å². The first kappa shape index (κ1) is 10.6. The van der Waals surface area contributed by atoms with Crippen molar-refractivity contribution in [3.05, 3.63) is 11.1 Å². The van der Waals surface area contributed by atoms with Crippen molar-refractivity contribution < 1.29 is 9.47 Å².